The zero-order valence-corrected chi connectivity index (χ0v) is 14.1. The van der Waals surface area contributed by atoms with Crippen LogP contribution in [-0.4, -0.2) is 33.9 Å². The second-order valence-electron chi connectivity index (χ2n) is 5.49. The average Bonchev–Trinajstić information content (AvgIpc) is 2.99. The Hall–Kier alpha value is -2.54. The van der Waals surface area contributed by atoms with E-state index in [-0.39, 0.29) is 10.9 Å². The first-order valence-electron chi connectivity index (χ1n) is 7.65. The summed E-state index contributed by atoms with van der Waals surface area (Å²) in [5.74, 6) is 0.480. The van der Waals surface area contributed by atoms with Crippen LogP contribution in [0.4, 0.5) is 0 Å². The van der Waals surface area contributed by atoms with Gasteiger partial charge >= 0.3 is 0 Å². The molecule has 0 aliphatic rings. The molecule has 0 spiro atoms. The van der Waals surface area contributed by atoms with E-state index in [1.54, 1.807) is 25.4 Å². The van der Waals surface area contributed by atoms with E-state index < -0.39 is 9.84 Å². The molecule has 1 aromatic carbocycles. The van der Waals surface area contributed by atoms with Crippen molar-refractivity contribution in [3.63, 3.8) is 0 Å². The van der Waals surface area contributed by atoms with E-state index >= 15 is 0 Å². The molecule has 0 fully saturated rings. The molecule has 0 bridgehead atoms. The van der Waals surface area contributed by atoms with E-state index in [2.05, 4.69) is 15.2 Å². The van der Waals surface area contributed by atoms with E-state index in [1.165, 1.54) is 4.57 Å². The Balaban J connectivity index is 1.74. The van der Waals surface area contributed by atoms with Gasteiger partial charge in [0.1, 0.15) is 5.69 Å². The molecule has 3 aromatic rings. The number of pyridine rings is 1. The lowest BCUT2D eigenvalue weighted by Crippen LogP contribution is -2.13. The van der Waals surface area contributed by atoms with E-state index in [4.69, 9.17) is 0 Å². The summed E-state index contributed by atoms with van der Waals surface area (Å²) in [7, 11) is -1.84. The van der Waals surface area contributed by atoms with E-state index in [9.17, 15) is 8.42 Å². The van der Waals surface area contributed by atoms with Crippen LogP contribution in [0.3, 0.4) is 0 Å². The van der Waals surface area contributed by atoms with Crippen molar-refractivity contribution in [3.8, 4) is 11.5 Å². The Bertz CT molecular complexity index is 906. The van der Waals surface area contributed by atoms with Crippen molar-refractivity contribution >= 4 is 9.84 Å². The maximum absolute atomic E-state index is 12.5. The Morgan fingerprint density at radius 1 is 1.00 bits per heavy atom. The van der Waals surface area contributed by atoms with Crippen molar-refractivity contribution in [3.05, 3.63) is 60.3 Å². The van der Waals surface area contributed by atoms with Gasteiger partial charge < -0.3 is 0 Å². The highest BCUT2D eigenvalue weighted by atomic mass is 32.2. The van der Waals surface area contributed by atoms with Crippen LogP contribution in [0.25, 0.3) is 11.5 Å². The number of hydrogen-bond acceptors (Lipinski definition) is 5. The van der Waals surface area contributed by atoms with Gasteiger partial charge in [0.2, 0.25) is 15.0 Å². The fourth-order valence-electron chi connectivity index (χ4n) is 2.51. The summed E-state index contributed by atoms with van der Waals surface area (Å²) >= 11 is 0. The van der Waals surface area contributed by atoms with Gasteiger partial charge in [-0.15, -0.1) is 10.2 Å². The van der Waals surface area contributed by atoms with E-state index in [1.807, 2.05) is 36.4 Å². The molecule has 0 atom stereocenters. The number of nitrogens with zero attached hydrogens (tertiary/aromatic N) is 4. The molecule has 0 amide bonds. The summed E-state index contributed by atoms with van der Waals surface area (Å²) < 4.78 is 26.6. The van der Waals surface area contributed by atoms with Crippen LogP contribution in [0, 0.1) is 0 Å². The van der Waals surface area contributed by atoms with Crippen molar-refractivity contribution in [2.45, 2.75) is 18.0 Å². The van der Waals surface area contributed by atoms with E-state index in [0.29, 0.717) is 24.4 Å². The lowest BCUT2D eigenvalue weighted by atomic mass is 10.1. The summed E-state index contributed by atoms with van der Waals surface area (Å²) in [6.45, 7) is 0. The summed E-state index contributed by atoms with van der Waals surface area (Å²) in [5, 5.41) is 7.85. The third-order valence-corrected chi connectivity index (χ3v) is 5.47. The number of sulfone groups is 1. The van der Waals surface area contributed by atoms with Gasteiger partial charge in [0.25, 0.3) is 0 Å². The van der Waals surface area contributed by atoms with Crippen molar-refractivity contribution in [2.24, 2.45) is 7.05 Å². The van der Waals surface area contributed by atoms with Crippen molar-refractivity contribution < 1.29 is 8.42 Å². The smallest absolute Gasteiger partial charge is 0.249 e. The van der Waals surface area contributed by atoms with Gasteiger partial charge in [0.15, 0.2) is 5.82 Å². The fourth-order valence-corrected chi connectivity index (χ4v) is 3.88. The minimum atomic E-state index is -3.49. The molecule has 3 rings (SSSR count). The molecule has 6 nitrogen and oxygen atoms in total. The van der Waals surface area contributed by atoms with Crippen LogP contribution in [0.5, 0.6) is 0 Å². The minimum absolute atomic E-state index is 0.0174. The third-order valence-electron chi connectivity index (χ3n) is 3.73. The molecule has 0 aliphatic carbocycles. The second-order valence-corrected chi connectivity index (χ2v) is 7.49. The average molecular weight is 342 g/mol. The molecule has 0 saturated carbocycles. The highest BCUT2D eigenvalue weighted by molar-refractivity contribution is 7.91. The quantitative estimate of drug-likeness (QED) is 0.687. The second kappa shape index (κ2) is 6.92. The van der Waals surface area contributed by atoms with Crippen LogP contribution in [0.2, 0.25) is 0 Å². The number of hydrogen-bond donors (Lipinski definition) is 0. The van der Waals surface area contributed by atoms with Gasteiger partial charge in [-0.2, -0.15) is 0 Å². The molecule has 0 radical (unpaired) electrons. The molecule has 2 aromatic heterocycles. The van der Waals surface area contributed by atoms with E-state index in [0.717, 1.165) is 5.56 Å². The normalized spacial score (nSPS) is 11.5. The lowest BCUT2D eigenvalue weighted by Gasteiger charge is -2.05. The SMILES string of the molecule is Cn1c(-c2ccccn2)nnc1S(=O)(=O)CCCc1ccccc1. The third kappa shape index (κ3) is 3.51. The first kappa shape index (κ1) is 16.3. The zero-order valence-electron chi connectivity index (χ0n) is 13.3. The molecule has 0 unspecified atom stereocenters. The van der Waals surface area contributed by atoms with Gasteiger partial charge in [-0.1, -0.05) is 36.4 Å². The molecule has 24 heavy (non-hydrogen) atoms. The monoisotopic (exact) mass is 342 g/mol. The summed E-state index contributed by atoms with van der Waals surface area (Å²) in [5.41, 5.74) is 1.72. The van der Waals surface area contributed by atoms with Crippen LogP contribution in [0.1, 0.15) is 12.0 Å². The Morgan fingerprint density at radius 2 is 1.75 bits per heavy atom. The van der Waals surface area contributed by atoms with Gasteiger partial charge in [-0.3, -0.25) is 9.55 Å². The summed E-state index contributed by atoms with van der Waals surface area (Å²) in [6.07, 6.45) is 2.89. The molecular weight excluding hydrogens is 324 g/mol. The van der Waals surface area contributed by atoms with Crippen LogP contribution < -0.4 is 0 Å². The summed E-state index contributed by atoms with van der Waals surface area (Å²) in [6, 6.07) is 15.2. The Kier molecular flexibility index (Phi) is 4.71. The number of aryl methyl sites for hydroxylation is 1. The fraction of sp³-hybridized carbons (Fsp3) is 0.235. The number of benzene rings is 1. The Morgan fingerprint density at radius 3 is 2.46 bits per heavy atom. The van der Waals surface area contributed by atoms with Crippen molar-refractivity contribution in [2.75, 3.05) is 5.75 Å². The highest BCUT2D eigenvalue weighted by Gasteiger charge is 2.23. The zero-order chi connectivity index (χ0) is 17.0. The molecule has 2 heterocycles. The van der Waals surface area contributed by atoms with Crippen molar-refractivity contribution in [1.82, 2.24) is 19.7 Å². The highest BCUT2D eigenvalue weighted by Crippen LogP contribution is 2.18. The lowest BCUT2D eigenvalue weighted by molar-refractivity contribution is 0.576. The maximum Gasteiger partial charge on any atom is 0.249 e. The molecule has 0 saturated heterocycles. The standard InChI is InChI=1S/C17H18N4O2S/c1-21-16(15-11-5-6-12-18-15)19-20-17(21)24(22,23)13-7-10-14-8-3-2-4-9-14/h2-6,8-9,11-12H,7,10,13H2,1H3. The minimum Gasteiger partial charge on any atom is -0.300 e. The van der Waals surface area contributed by atoms with Crippen molar-refractivity contribution in [1.29, 1.82) is 0 Å². The largest absolute Gasteiger partial charge is 0.300 e. The molecule has 7 heteroatoms. The first-order chi connectivity index (χ1) is 11.6. The number of rotatable bonds is 6. The van der Waals surface area contributed by atoms with Gasteiger partial charge in [0.05, 0.1) is 5.75 Å². The topological polar surface area (TPSA) is 77.7 Å². The first-order valence-corrected chi connectivity index (χ1v) is 9.30. The van der Waals surface area contributed by atoms with Gasteiger partial charge in [-0.25, -0.2) is 8.42 Å². The summed E-state index contributed by atoms with van der Waals surface area (Å²) in [4.78, 5) is 4.19. The van der Waals surface area contributed by atoms with Crippen LogP contribution >= 0.6 is 0 Å². The van der Waals surface area contributed by atoms with Gasteiger partial charge in [-0.05, 0) is 30.5 Å². The molecule has 0 N–H and O–H groups in total. The van der Waals surface area contributed by atoms with Crippen LogP contribution in [-0.2, 0) is 23.3 Å². The Labute approximate surface area is 141 Å². The molecular formula is C17H18N4O2S. The molecule has 0 aliphatic heterocycles. The van der Waals surface area contributed by atoms with Gasteiger partial charge in [0, 0.05) is 13.2 Å². The maximum atomic E-state index is 12.5. The number of aromatic nitrogens is 4. The molecule has 124 valence electrons. The predicted molar refractivity (Wildman–Crippen MR) is 91.0 cm³/mol. The van der Waals surface area contributed by atoms with Crippen LogP contribution in [0.15, 0.2) is 59.9 Å². The predicted octanol–water partition coefficient (Wildman–Crippen LogP) is 2.28.